The topological polar surface area (TPSA) is 52.6 Å². The molecular weight excluding hydrogens is 160 g/mol. The number of esters is 1. The van der Waals surface area contributed by atoms with Gasteiger partial charge in [0.25, 0.3) is 0 Å². The number of Topliss-reactive ketones (excluding diaryl/α,β-unsaturated/α-hetero) is 1. The molecule has 0 fully saturated rings. The van der Waals surface area contributed by atoms with Crippen molar-refractivity contribution in [2.75, 3.05) is 13.7 Å². The van der Waals surface area contributed by atoms with Crippen LogP contribution in [0.25, 0.3) is 0 Å². The summed E-state index contributed by atoms with van der Waals surface area (Å²) in [5, 5.41) is 0. The van der Waals surface area contributed by atoms with Gasteiger partial charge in [0.05, 0.1) is 13.2 Å². The van der Waals surface area contributed by atoms with Crippen LogP contribution >= 0.6 is 0 Å². The lowest BCUT2D eigenvalue weighted by molar-refractivity contribution is -0.144. The van der Waals surface area contributed by atoms with Crippen LogP contribution in [-0.2, 0) is 19.1 Å². The Kier molecular flexibility index (Phi) is 5.28. The molecule has 0 heterocycles. The van der Waals surface area contributed by atoms with Gasteiger partial charge in [-0.15, -0.1) is 0 Å². The molecule has 0 saturated carbocycles. The third-order valence-corrected chi connectivity index (χ3v) is 1.15. The molecule has 0 aromatic carbocycles. The van der Waals surface area contributed by atoms with E-state index in [4.69, 9.17) is 4.74 Å². The first-order chi connectivity index (χ1) is 5.56. The van der Waals surface area contributed by atoms with Crippen molar-refractivity contribution in [1.82, 2.24) is 0 Å². The Morgan fingerprint density at radius 3 is 2.33 bits per heavy atom. The zero-order valence-electron chi connectivity index (χ0n) is 7.62. The number of methoxy groups -OCH3 is 1. The van der Waals surface area contributed by atoms with Gasteiger partial charge in [0.15, 0.2) is 5.78 Å². The Hall–Kier alpha value is -0.900. The van der Waals surface area contributed by atoms with Crippen LogP contribution in [0.1, 0.15) is 20.3 Å². The Morgan fingerprint density at radius 2 is 1.92 bits per heavy atom. The number of ether oxygens (including phenoxy) is 2. The van der Waals surface area contributed by atoms with Gasteiger partial charge < -0.3 is 9.47 Å². The monoisotopic (exact) mass is 174 g/mol. The third kappa shape index (κ3) is 5.85. The van der Waals surface area contributed by atoms with Crippen molar-refractivity contribution >= 4 is 11.8 Å². The van der Waals surface area contributed by atoms with Crippen molar-refractivity contribution in [2.24, 2.45) is 0 Å². The van der Waals surface area contributed by atoms with Gasteiger partial charge >= 0.3 is 5.97 Å². The first-order valence-corrected chi connectivity index (χ1v) is 3.76. The van der Waals surface area contributed by atoms with Crippen LogP contribution in [0.15, 0.2) is 0 Å². The summed E-state index contributed by atoms with van der Waals surface area (Å²) in [5.41, 5.74) is 0. The molecule has 0 bridgehead atoms. The largest absolute Gasteiger partial charge is 0.469 e. The molecule has 70 valence electrons. The number of rotatable bonds is 5. The summed E-state index contributed by atoms with van der Waals surface area (Å²) in [5.74, 6) is -0.775. The van der Waals surface area contributed by atoms with Crippen LogP contribution in [0.2, 0.25) is 0 Å². The van der Waals surface area contributed by atoms with E-state index in [1.54, 1.807) is 0 Å². The van der Waals surface area contributed by atoms with E-state index in [0.29, 0.717) is 0 Å². The maximum absolute atomic E-state index is 10.9. The van der Waals surface area contributed by atoms with E-state index in [9.17, 15) is 9.59 Å². The maximum Gasteiger partial charge on any atom is 0.313 e. The number of carbonyl (C=O) groups excluding carboxylic acids is 2. The summed E-state index contributed by atoms with van der Waals surface area (Å²) >= 11 is 0. The van der Waals surface area contributed by atoms with Gasteiger partial charge in [-0.05, 0) is 13.8 Å². The molecule has 0 spiro atoms. The Morgan fingerprint density at radius 1 is 1.33 bits per heavy atom. The number of ketones is 1. The first kappa shape index (κ1) is 11.1. The normalized spacial score (nSPS) is 10.0. The summed E-state index contributed by atoms with van der Waals surface area (Å²) in [4.78, 5) is 21.5. The predicted octanol–water partition coefficient (Wildman–Crippen LogP) is 0.544. The highest BCUT2D eigenvalue weighted by Gasteiger charge is 2.09. The molecule has 0 amide bonds. The van der Waals surface area contributed by atoms with E-state index >= 15 is 0 Å². The molecule has 0 atom stereocenters. The smallest absolute Gasteiger partial charge is 0.313 e. The standard InChI is InChI=1S/C8H14O4/c1-6(2)12-5-7(9)4-8(10)11-3/h6H,4-5H2,1-3H3. The van der Waals surface area contributed by atoms with Crippen molar-refractivity contribution in [1.29, 1.82) is 0 Å². The Balaban J connectivity index is 3.53. The van der Waals surface area contributed by atoms with Gasteiger partial charge in [-0.3, -0.25) is 9.59 Å². The molecule has 4 nitrogen and oxygen atoms in total. The van der Waals surface area contributed by atoms with Gasteiger partial charge in [-0.1, -0.05) is 0 Å². The SMILES string of the molecule is COC(=O)CC(=O)COC(C)C. The van der Waals surface area contributed by atoms with Crippen molar-refractivity contribution in [3.05, 3.63) is 0 Å². The number of hydrogen-bond acceptors (Lipinski definition) is 4. The van der Waals surface area contributed by atoms with Gasteiger partial charge in [-0.25, -0.2) is 0 Å². The summed E-state index contributed by atoms with van der Waals surface area (Å²) in [6.45, 7) is 3.63. The lowest BCUT2D eigenvalue weighted by atomic mass is 10.3. The van der Waals surface area contributed by atoms with Gasteiger partial charge in [-0.2, -0.15) is 0 Å². The maximum atomic E-state index is 10.9. The minimum atomic E-state index is -0.521. The third-order valence-electron chi connectivity index (χ3n) is 1.15. The summed E-state index contributed by atoms with van der Waals surface area (Å²) in [6, 6.07) is 0. The lowest BCUT2D eigenvalue weighted by Crippen LogP contribution is -2.17. The van der Waals surface area contributed by atoms with E-state index in [1.807, 2.05) is 13.8 Å². The van der Waals surface area contributed by atoms with Gasteiger partial charge in [0.1, 0.15) is 13.0 Å². The fourth-order valence-electron chi connectivity index (χ4n) is 0.544. The number of carbonyl (C=O) groups is 2. The highest BCUT2D eigenvalue weighted by Crippen LogP contribution is 1.92. The quantitative estimate of drug-likeness (QED) is 0.451. The molecular formula is C8H14O4. The Bertz CT molecular complexity index is 162. The van der Waals surface area contributed by atoms with E-state index in [1.165, 1.54) is 7.11 Å². The predicted molar refractivity (Wildman–Crippen MR) is 42.7 cm³/mol. The van der Waals surface area contributed by atoms with Crippen LogP contribution in [0.5, 0.6) is 0 Å². The average Bonchev–Trinajstić information content (AvgIpc) is 2.00. The minimum Gasteiger partial charge on any atom is -0.469 e. The number of hydrogen-bond donors (Lipinski definition) is 0. The van der Waals surface area contributed by atoms with Crippen LogP contribution in [0.3, 0.4) is 0 Å². The molecule has 0 aliphatic rings. The highest BCUT2D eigenvalue weighted by molar-refractivity contribution is 5.96. The second-order valence-corrected chi connectivity index (χ2v) is 2.65. The molecule has 0 N–H and O–H groups in total. The molecule has 0 aromatic rings. The minimum absolute atomic E-state index is 0.00611. The second kappa shape index (κ2) is 5.71. The van der Waals surface area contributed by atoms with E-state index in [-0.39, 0.29) is 24.9 Å². The van der Waals surface area contributed by atoms with Crippen molar-refractivity contribution in [2.45, 2.75) is 26.4 Å². The van der Waals surface area contributed by atoms with E-state index < -0.39 is 5.97 Å². The van der Waals surface area contributed by atoms with Crippen LogP contribution < -0.4 is 0 Å². The van der Waals surface area contributed by atoms with E-state index in [0.717, 1.165) is 0 Å². The molecule has 0 saturated heterocycles. The van der Waals surface area contributed by atoms with Crippen LogP contribution in [0.4, 0.5) is 0 Å². The summed E-state index contributed by atoms with van der Waals surface area (Å²) in [7, 11) is 1.25. The van der Waals surface area contributed by atoms with Crippen molar-refractivity contribution < 1.29 is 19.1 Å². The molecule has 0 aliphatic heterocycles. The molecule has 0 radical (unpaired) electrons. The van der Waals surface area contributed by atoms with Gasteiger partial charge in [0, 0.05) is 0 Å². The zero-order chi connectivity index (χ0) is 9.56. The molecule has 0 unspecified atom stereocenters. The average molecular weight is 174 g/mol. The summed E-state index contributed by atoms with van der Waals surface area (Å²) < 4.78 is 9.30. The van der Waals surface area contributed by atoms with Crippen LogP contribution in [-0.4, -0.2) is 31.6 Å². The second-order valence-electron chi connectivity index (χ2n) is 2.65. The fourth-order valence-corrected chi connectivity index (χ4v) is 0.544. The first-order valence-electron chi connectivity index (χ1n) is 3.76. The molecule has 0 aromatic heterocycles. The highest BCUT2D eigenvalue weighted by atomic mass is 16.5. The summed E-state index contributed by atoms with van der Waals surface area (Å²) in [6.07, 6.45) is -0.199. The molecule has 0 rings (SSSR count). The molecule has 0 aliphatic carbocycles. The van der Waals surface area contributed by atoms with E-state index in [2.05, 4.69) is 4.74 Å². The zero-order valence-corrected chi connectivity index (χ0v) is 7.62. The molecule has 12 heavy (non-hydrogen) atoms. The van der Waals surface area contributed by atoms with Crippen LogP contribution in [0, 0.1) is 0 Å². The van der Waals surface area contributed by atoms with Crippen molar-refractivity contribution in [3.63, 3.8) is 0 Å². The fraction of sp³-hybridized carbons (Fsp3) is 0.750. The lowest BCUT2D eigenvalue weighted by Gasteiger charge is -2.05. The Labute approximate surface area is 71.8 Å². The van der Waals surface area contributed by atoms with Crippen molar-refractivity contribution in [3.8, 4) is 0 Å². The van der Waals surface area contributed by atoms with Gasteiger partial charge in [0.2, 0.25) is 0 Å². The molecule has 4 heteroatoms.